The van der Waals surface area contributed by atoms with Crippen LogP contribution in [0.1, 0.15) is 12.8 Å². The van der Waals surface area contributed by atoms with Crippen molar-refractivity contribution < 1.29 is 23.2 Å². The summed E-state index contributed by atoms with van der Waals surface area (Å²) in [6.45, 7) is 0.411. The van der Waals surface area contributed by atoms with Gasteiger partial charge in [-0.05, 0) is 12.8 Å². The summed E-state index contributed by atoms with van der Waals surface area (Å²) in [5, 5.41) is 11.2. The van der Waals surface area contributed by atoms with Crippen molar-refractivity contribution in [1.82, 2.24) is 5.32 Å². The lowest BCUT2D eigenvalue weighted by Gasteiger charge is -2.24. The Morgan fingerprint density at radius 2 is 1.89 bits per heavy atom. The number of carboxylic acid groups (broad SMARTS) is 1. The first kappa shape index (κ1) is 17.5. The van der Waals surface area contributed by atoms with Gasteiger partial charge in [-0.1, -0.05) is 0 Å². The van der Waals surface area contributed by atoms with Gasteiger partial charge in [-0.2, -0.15) is 0 Å². The van der Waals surface area contributed by atoms with E-state index in [4.69, 9.17) is 24.1 Å². The molecule has 0 aliphatic carbocycles. The van der Waals surface area contributed by atoms with Crippen LogP contribution in [0.2, 0.25) is 6.04 Å². The normalized spacial score (nSPS) is 13.6. The first-order valence-corrected chi connectivity index (χ1v) is 7.76. The first-order valence-electron chi connectivity index (χ1n) is 5.83. The van der Waals surface area contributed by atoms with Crippen molar-refractivity contribution in [2.45, 2.75) is 24.9 Å². The molecule has 1 atom stereocenters. The average molecular weight is 280 g/mol. The molecule has 0 aromatic carbocycles. The van der Waals surface area contributed by atoms with E-state index in [1.54, 1.807) is 21.3 Å². The van der Waals surface area contributed by atoms with Crippen molar-refractivity contribution in [1.29, 1.82) is 0 Å². The predicted octanol–water partition coefficient (Wildman–Crippen LogP) is -0.354. The van der Waals surface area contributed by atoms with E-state index in [0.717, 1.165) is 12.8 Å². The van der Waals surface area contributed by atoms with Crippen molar-refractivity contribution in [3.63, 3.8) is 0 Å². The fourth-order valence-corrected chi connectivity index (χ4v) is 3.35. The van der Waals surface area contributed by atoms with E-state index in [0.29, 0.717) is 12.6 Å². The molecule has 8 heteroatoms. The Kier molecular flexibility index (Phi) is 9.15. The summed E-state index contributed by atoms with van der Waals surface area (Å²) in [5.41, 5.74) is 5.85. The Labute approximate surface area is 109 Å². The van der Waals surface area contributed by atoms with Crippen LogP contribution in [0.4, 0.5) is 0 Å². The molecular formula is C10H24N2O5Si. The van der Waals surface area contributed by atoms with E-state index >= 15 is 0 Å². The Balaban J connectivity index is 3.78. The van der Waals surface area contributed by atoms with E-state index in [2.05, 4.69) is 5.32 Å². The number of nitrogens with one attached hydrogen (secondary N) is 1. The number of carboxylic acids is 1. The second kappa shape index (κ2) is 9.42. The molecule has 1 unspecified atom stereocenters. The van der Waals surface area contributed by atoms with E-state index in [1.807, 2.05) is 0 Å². The minimum Gasteiger partial charge on any atom is -0.480 e. The smallest absolute Gasteiger partial charge is 0.480 e. The maximum absolute atomic E-state index is 10.3. The topological polar surface area (TPSA) is 103 Å². The maximum Gasteiger partial charge on any atom is 0.500 e. The van der Waals surface area contributed by atoms with Gasteiger partial charge >= 0.3 is 14.8 Å². The highest BCUT2D eigenvalue weighted by molar-refractivity contribution is 6.60. The Bertz CT molecular complexity index is 230. The van der Waals surface area contributed by atoms with E-state index in [-0.39, 0.29) is 12.6 Å². The standard InChI is InChI=1S/C10H24N2O5Si/c1-15-18(16-2,17-3)6-4-5-9(11)7-12-8-10(13)14/h9,12H,4-8,11H2,1-3H3,(H,13,14). The van der Waals surface area contributed by atoms with E-state index < -0.39 is 14.8 Å². The number of carbonyl (C=O) groups is 1. The molecule has 0 amide bonds. The minimum absolute atomic E-state index is 0.0688. The lowest BCUT2D eigenvalue weighted by atomic mass is 10.2. The van der Waals surface area contributed by atoms with Crippen LogP contribution in [0.5, 0.6) is 0 Å². The van der Waals surface area contributed by atoms with Crippen molar-refractivity contribution >= 4 is 14.8 Å². The lowest BCUT2D eigenvalue weighted by Crippen LogP contribution is -2.43. The summed E-state index contributed by atoms with van der Waals surface area (Å²) >= 11 is 0. The molecule has 0 heterocycles. The molecule has 0 aromatic heterocycles. The number of hydrogen-bond donors (Lipinski definition) is 3. The summed E-state index contributed by atoms with van der Waals surface area (Å²) in [6, 6.07) is 0.616. The molecule has 108 valence electrons. The average Bonchev–Trinajstić information content (AvgIpc) is 2.35. The van der Waals surface area contributed by atoms with Crippen LogP contribution >= 0.6 is 0 Å². The molecule has 0 aliphatic rings. The van der Waals surface area contributed by atoms with Crippen molar-refractivity contribution in [3.05, 3.63) is 0 Å². The van der Waals surface area contributed by atoms with Gasteiger partial charge in [-0.25, -0.2) is 0 Å². The molecule has 0 saturated heterocycles. The third kappa shape index (κ3) is 7.04. The minimum atomic E-state index is -2.50. The van der Waals surface area contributed by atoms with E-state index in [9.17, 15) is 4.79 Å². The van der Waals surface area contributed by atoms with E-state index in [1.165, 1.54) is 0 Å². The van der Waals surface area contributed by atoms with Gasteiger partial charge in [0.2, 0.25) is 0 Å². The number of nitrogens with two attached hydrogens (primary N) is 1. The highest BCUT2D eigenvalue weighted by atomic mass is 28.4. The molecule has 0 bridgehead atoms. The molecular weight excluding hydrogens is 256 g/mol. The lowest BCUT2D eigenvalue weighted by molar-refractivity contribution is -0.135. The van der Waals surface area contributed by atoms with Gasteiger partial charge in [-0.3, -0.25) is 4.79 Å². The SMILES string of the molecule is CO[Si](CCCC(N)CNCC(=O)O)(OC)OC. The van der Waals surface area contributed by atoms with Gasteiger partial charge in [0.15, 0.2) is 0 Å². The third-order valence-corrected chi connectivity index (χ3v) is 5.51. The molecule has 0 spiro atoms. The van der Waals surface area contributed by atoms with Crippen LogP contribution in [-0.2, 0) is 18.1 Å². The molecule has 0 aromatic rings. The number of rotatable bonds is 11. The molecule has 0 aliphatic heterocycles. The van der Waals surface area contributed by atoms with Gasteiger partial charge in [0, 0.05) is 40.0 Å². The highest BCUT2D eigenvalue weighted by Crippen LogP contribution is 2.16. The maximum atomic E-state index is 10.3. The molecule has 7 nitrogen and oxygen atoms in total. The molecule has 0 radical (unpaired) electrons. The van der Waals surface area contributed by atoms with Crippen molar-refractivity contribution in [2.75, 3.05) is 34.4 Å². The molecule has 0 saturated carbocycles. The second-order valence-electron chi connectivity index (χ2n) is 3.97. The molecule has 0 rings (SSSR count). The summed E-state index contributed by atoms with van der Waals surface area (Å²) in [4.78, 5) is 10.3. The molecule has 0 fully saturated rings. The second-order valence-corrected chi connectivity index (χ2v) is 7.06. The Morgan fingerprint density at radius 1 is 1.33 bits per heavy atom. The largest absolute Gasteiger partial charge is 0.500 e. The van der Waals surface area contributed by atoms with Crippen LogP contribution in [0.15, 0.2) is 0 Å². The first-order chi connectivity index (χ1) is 8.49. The van der Waals surface area contributed by atoms with Gasteiger partial charge in [0.05, 0.1) is 6.54 Å². The van der Waals surface area contributed by atoms with Crippen molar-refractivity contribution in [3.8, 4) is 0 Å². The summed E-state index contributed by atoms with van der Waals surface area (Å²) in [5.74, 6) is -0.883. The summed E-state index contributed by atoms with van der Waals surface area (Å²) in [7, 11) is 2.23. The number of aliphatic carboxylic acids is 1. The fourth-order valence-electron chi connectivity index (χ4n) is 1.60. The fraction of sp³-hybridized carbons (Fsp3) is 0.900. The number of hydrogen-bond acceptors (Lipinski definition) is 6. The zero-order valence-electron chi connectivity index (χ0n) is 11.3. The zero-order chi connectivity index (χ0) is 14.0. The van der Waals surface area contributed by atoms with Crippen LogP contribution < -0.4 is 11.1 Å². The summed E-state index contributed by atoms with van der Waals surface area (Å²) < 4.78 is 15.9. The van der Waals surface area contributed by atoms with Crippen LogP contribution in [0, 0.1) is 0 Å². The summed E-state index contributed by atoms with van der Waals surface area (Å²) in [6.07, 6.45) is 1.58. The quantitative estimate of drug-likeness (QED) is 0.444. The van der Waals surface area contributed by atoms with Crippen LogP contribution in [-0.4, -0.2) is 60.3 Å². The van der Waals surface area contributed by atoms with Crippen molar-refractivity contribution in [2.24, 2.45) is 5.73 Å². The molecule has 18 heavy (non-hydrogen) atoms. The third-order valence-electron chi connectivity index (χ3n) is 2.67. The van der Waals surface area contributed by atoms with Crippen LogP contribution in [0.25, 0.3) is 0 Å². The van der Waals surface area contributed by atoms with Gasteiger partial charge in [0.25, 0.3) is 0 Å². The van der Waals surface area contributed by atoms with Gasteiger partial charge < -0.3 is 29.4 Å². The van der Waals surface area contributed by atoms with Crippen LogP contribution in [0.3, 0.4) is 0 Å². The molecule has 4 N–H and O–H groups in total. The Morgan fingerprint density at radius 3 is 2.33 bits per heavy atom. The van der Waals surface area contributed by atoms with Gasteiger partial charge in [-0.15, -0.1) is 0 Å². The highest BCUT2D eigenvalue weighted by Gasteiger charge is 2.36. The monoisotopic (exact) mass is 280 g/mol. The Hall–Kier alpha value is -0.513. The van der Waals surface area contributed by atoms with Gasteiger partial charge in [0.1, 0.15) is 0 Å². The zero-order valence-corrected chi connectivity index (χ0v) is 12.3. The predicted molar refractivity (Wildman–Crippen MR) is 69.3 cm³/mol.